The molecule has 1 aliphatic heterocycles. The second kappa shape index (κ2) is 8.08. The van der Waals surface area contributed by atoms with Crippen molar-refractivity contribution in [2.75, 3.05) is 18.0 Å². The van der Waals surface area contributed by atoms with Crippen LogP contribution in [-0.2, 0) is 6.18 Å². The quantitative estimate of drug-likeness (QED) is 0.397. The number of alkyl halides is 3. The van der Waals surface area contributed by atoms with E-state index in [1.54, 1.807) is 12.4 Å². The number of pyridine rings is 2. The van der Waals surface area contributed by atoms with Gasteiger partial charge in [0.2, 0.25) is 5.82 Å². The molecule has 0 aliphatic carbocycles. The van der Waals surface area contributed by atoms with E-state index in [4.69, 9.17) is 0 Å². The molecule has 0 radical (unpaired) electrons. The van der Waals surface area contributed by atoms with Gasteiger partial charge in [-0.15, -0.1) is 0 Å². The molecule has 12 heteroatoms. The van der Waals surface area contributed by atoms with Crippen LogP contribution in [0.2, 0.25) is 0 Å². The zero-order valence-electron chi connectivity index (χ0n) is 16.4. The lowest BCUT2D eigenvalue weighted by atomic mass is 9.93. The monoisotopic (exact) mass is 505 g/mol. The summed E-state index contributed by atoms with van der Waals surface area (Å²) in [6.45, 7) is 1.51. The van der Waals surface area contributed by atoms with Crippen LogP contribution in [0.3, 0.4) is 0 Å². The molecule has 0 aromatic carbocycles. The Balaban J connectivity index is 1.30. The maximum Gasteiger partial charge on any atom is 0.471 e. The summed E-state index contributed by atoms with van der Waals surface area (Å²) in [6, 6.07) is 5.95. The van der Waals surface area contributed by atoms with Crippen molar-refractivity contribution in [1.29, 1.82) is 0 Å². The summed E-state index contributed by atoms with van der Waals surface area (Å²) in [5.74, 6) is -0.666. The number of anilines is 1. The fourth-order valence-electron chi connectivity index (χ4n) is 3.68. The summed E-state index contributed by atoms with van der Waals surface area (Å²) in [7, 11) is 0. The summed E-state index contributed by atoms with van der Waals surface area (Å²) in [5.41, 5.74) is 1.53. The topological polar surface area (TPSA) is 93.7 Å². The highest BCUT2D eigenvalue weighted by Crippen LogP contribution is 2.31. The van der Waals surface area contributed by atoms with E-state index in [2.05, 4.69) is 55.4 Å². The summed E-state index contributed by atoms with van der Waals surface area (Å²) >= 11 is 3.41. The third kappa shape index (κ3) is 4.14. The lowest BCUT2D eigenvalue weighted by molar-refractivity contribution is -0.159. The van der Waals surface area contributed by atoms with Crippen molar-refractivity contribution >= 4 is 32.8 Å². The Morgan fingerprint density at radius 1 is 1.03 bits per heavy atom. The first kappa shape index (κ1) is 20.7. The summed E-state index contributed by atoms with van der Waals surface area (Å²) < 4.78 is 43.4. The summed E-state index contributed by atoms with van der Waals surface area (Å²) in [4.78, 5) is 23.2. The number of halogens is 4. The van der Waals surface area contributed by atoms with E-state index in [1.165, 1.54) is 6.20 Å². The van der Waals surface area contributed by atoms with Crippen LogP contribution in [0.25, 0.3) is 22.6 Å². The fraction of sp³-hybridized carbons (Fsp3) is 0.300. The number of hydrogen-bond donors (Lipinski definition) is 0. The zero-order chi connectivity index (χ0) is 22.3. The molecule has 0 unspecified atom stereocenters. The predicted molar refractivity (Wildman–Crippen MR) is 112 cm³/mol. The van der Waals surface area contributed by atoms with E-state index in [0.29, 0.717) is 11.3 Å². The number of hydrogen-bond acceptors (Lipinski definition) is 8. The highest BCUT2D eigenvalue weighted by molar-refractivity contribution is 9.10. The van der Waals surface area contributed by atoms with Crippen LogP contribution < -0.4 is 4.90 Å². The van der Waals surface area contributed by atoms with Gasteiger partial charge in [-0.25, -0.2) is 15.0 Å². The number of aromatic nitrogens is 6. The highest BCUT2D eigenvalue weighted by atomic mass is 79.9. The first-order valence-electron chi connectivity index (χ1n) is 9.77. The maximum absolute atomic E-state index is 12.7. The van der Waals surface area contributed by atoms with Gasteiger partial charge in [0.15, 0.2) is 5.65 Å². The molecule has 0 spiro atoms. The molecule has 0 N–H and O–H groups in total. The van der Waals surface area contributed by atoms with Crippen molar-refractivity contribution in [2.24, 2.45) is 0 Å². The van der Waals surface area contributed by atoms with Gasteiger partial charge in [0.05, 0.1) is 11.9 Å². The molecule has 5 heterocycles. The molecule has 1 aliphatic rings. The first-order valence-corrected chi connectivity index (χ1v) is 10.6. The van der Waals surface area contributed by atoms with Gasteiger partial charge in [-0.3, -0.25) is 4.98 Å². The maximum atomic E-state index is 12.7. The average molecular weight is 506 g/mol. The Morgan fingerprint density at radius 2 is 1.84 bits per heavy atom. The minimum absolute atomic E-state index is 0.113. The first-order chi connectivity index (χ1) is 15.4. The second-order valence-electron chi connectivity index (χ2n) is 7.38. The molecule has 0 atom stereocenters. The van der Waals surface area contributed by atoms with Gasteiger partial charge in [0.1, 0.15) is 11.5 Å². The van der Waals surface area contributed by atoms with E-state index < -0.39 is 12.1 Å². The normalized spacial score (nSPS) is 15.4. The van der Waals surface area contributed by atoms with E-state index in [-0.39, 0.29) is 17.4 Å². The molecule has 5 rings (SSSR count). The van der Waals surface area contributed by atoms with Crippen LogP contribution in [0.4, 0.5) is 19.0 Å². The largest absolute Gasteiger partial charge is 0.471 e. The smallest absolute Gasteiger partial charge is 0.357 e. The van der Waals surface area contributed by atoms with Crippen LogP contribution in [0, 0.1) is 0 Å². The third-order valence-electron chi connectivity index (χ3n) is 5.28. The highest BCUT2D eigenvalue weighted by Gasteiger charge is 2.38. The van der Waals surface area contributed by atoms with Crippen LogP contribution in [0.1, 0.15) is 30.3 Å². The van der Waals surface area contributed by atoms with Crippen LogP contribution in [0.5, 0.6) is 0 Å². The van der Waals surface area contributed by atoms with Gasteiger partial charge in [0, 0.05) is 41.3 Å². The average Bonchev–Trinajstić information content (AvgIpc) is 3.30. The number of piperidine rings is 1. The molecule has 4 aromatic heterocycles. The Morgan fingerprint density at radius 3 is 2.59 bits per heavy atom. The second-order valence-corrected chi connectivity index (χ2v) is 8.30. The van der Waals surface area contributed by atoms with Crippen LogP contribution >= 0.6 is 15.9 Å². The summed E-state index contributed by atoms with van der Waals surface area (Å²) in [5, 5.41) is 4.35. The van der Waals surface area contributed by atoms with Crippen molar-refractivity contribution in [2.45, 2.75) is 24.9 Å². The molecule has 0 bridgehead atoms. The number of fused-ring (bicyclic) bond motifs is 1. The zero-order valence-corrected chi connectivity index (χ0v) is 18.0. The molecule has 0 saturated carbocycles. The molecule has 32 heavy (non-hydrogen) atoms. The van der Waals surface area contributed by atoms with Crippen molar-refractivity contribution in [3.05, 3.63) is 52.8 Å². The Hall–Kier alpha value is -3.15. The van der Waals surface area contributed by atoms with Gasteiger partial charge < -0.3 is 9.42 Å². The van der Waals surface area contributed by atoms with Crippen molar-refractivity contribution < 1.29 is 17.7 Å². The number of rotatable bonds is 3. The van der Waals surface area contributed by atoms with E-state index in [0.717, 1.165) is 41.6 Å². The predicted octanol–water partition coefficient (Wildman–Crippen LogP) is 4.64. The Bertz CT molecular complexity index is 1270. The van der Waals surface area contributed by atoms with Crippen LogP contribution in [0.15, 0.2) is 45.8 Å². The molecular weight excluding hydrogens is 491 g/mol. The number of nitrogens with zero attached hydrogens (tertiary/aromatic N) is 7. The minimum atomic E-state index is -4.70. The molecule has 164 valence electrons. The SMILES string of the molecule is FC(F)(F)c1nc(-c2cncc(C3CCN(c4ccc5cc(Br)cnc5n4)CC3)n2)no1. The van der Waals surface area contributed by atoms with Crippen molar-refractivity contribution in [1.82, 2.24) is 30.1 Å². The van der Waals surface area contributed by atoms with Gasteiger partial charge in [0.25, 0.3) is 0 Å². The molecule has 1 saturated heterocycles. The van der Waals surface area contributed by atoms with Gasteiger partial charge >= 0.3 is 12.1 Å². The molecular formula is C20H15BrF3N7O. The molecule has 8 nitrogen and oxygen atoms in total. The van der Waals surface area contributed by atoms with Gasteiger partial charge in [-0.1, -0.05) is 5.16 Å². The van der Waals surface area contributed by atoms with Crippen molar-refractivity contribution in [3.8, 4) is 11.5 Å². The van der Waals surface area contributed by atoms with E-state index >= 15 is 0 Å². The minimum Gasteiger partial charge on any atom is -0.357 e. The van der Waals surface area contributed by atoms with Crippen LogP contribution in [-0.4, -0.2) is 43.2 Å². The molecule has 0 amide bonds. The lowest BCUT2D eigenvalue weighted by Crippen LogP contribution is -2.33. The standard InChI is InChI=1S/C20H15BrF3N7O/c21-13-7-12-1-2-16(28-17(12)26-8-13)31-5-3-11(4-6-31)14-9-25-10-15(27-14)18-29-19(32-30-18)20(22,23)24/h1-2,7-11H,3-6H2. The van der Waals surface area contributed by atoms with Gasteiger partial charge in [-0.05, 0) is 47.0 Å². The fourth-order valence-corrected chi connectivity index (χ4v) is 4.03. The summed E-state index contributed by atoms with van der Waals surface area (Å²) in [6.07, 6.45) is 1.57. The Labute approximate surface area is 188 Å². The van der Waals surface area contributed by atoms with E-state index in [9.17, 15) is 13.2 Å². The van der Waals surface area contributed by atoms with Crippen molar-refractivity contribution in [3.63, 3.8) is 0 Å². The Kier molecular flexibility index (Phi) is 5.24. The van der Waals surface area contributed by atoms with E-state index in [1.807, 2.05) is 18.2 Å². The molecule has 4 aromatic rings. The third-order valence-corrected chi connectivity index (χ3v) is 5.72. The van der Waals surface area contributed by atoms with Gasteiger partial charge in [-0.2, -0.15) is 18.2 Å². The lowest BCUT2D eigenvalue weighted by Gasteiger charge is -2.32. The molecule has 1 fully saturated rings.